The van der Waals surface area contributed by atoms with E-state index in [1.54, 1.807) is 13.0 Å². The van der Waals surface area contributed by atoms with Gasteiger partial charge < -0.3 is 10.2 Å². The van der Waals surface area contributed by atoms with E-state index in [2.05, 4.69) is 10.5 Å². The third-order valence-electron chi connectivity index (χ3n) is 4.08. The Morgan fingerprint density at radius 1 is 1.13 bits per heavy atom. The summed E-state index contributed by atoms with van der Waals surface area (Å²) in [4.78, 5) is 12.1. The van der Waals surface area contributed by atoms with Crippen LogP contribution < -0.4 is 5.43 Å². The molecule has 1 fully saturated rings. The van der Waals surface area contributed by atoms with Gasteiger partial charge >= 0.3 is 0 Å². The lowest BCUT2D eigenvalue weighted by molar-refractivity contribution is -0.122. The van der Waals surface area contributed by atoms with E-state index in [9.17, 15) is 15.0 Å². The van der Waals surface area contributed by atoms with E-state index in [4.69, 9.17) is 0 Å². The van der Waals surface area contributed by atoms with Crippen molar-refractivity contribution in [1.29, 1.82) is 0 Å². The molecular formula is C18H18N2O3. The average Bonchev–Trinajstić information content (AvgIpc) is 3.36. The molecule has 3 rings (SSSR count). The predicted molar refractivity (Wildman–Crippen MR) is 87.4 cm³/mol. The summed E-state index contributed by atoms with van der Waals surface area (Å²) in [6, 6.07) is 14.4. The van der Waals surface area contributed by atoms with E-state index in [0.717, 1.165) is 6.42 Å². The average molecular weight is 310 g/mol. The number of benzene rings is 2. The first-order valence-electron chi connectivity index (χ1n) is 7.47. The van der Waals surface area contributed by atoms with Crippen LogP contribution in [0.15, 0.2) is 53.6 Å². The molecule has 2 aromatic rings. The highest BCUT2D eigenvalue weighted by molar-refractivity contribution is 6.00. The summed E-state index contributed by atoms with van der Waals surface area (Å²) in [7, 11) is 0. The van der Waals surface area contributed by atoms with Crippen molar-refractivity contribution in [2.24, 2.45) is 11.0 Å². The standard InChI is InChI=1S/C18H18N2O3/c1-11(13-7-8-16(21)17(22)9-13)19-20-18(23)15-10-14(15)12-5-3-2-4-6-12/h2-9,14-15,21-22H,10H2,1H3,(H,20,23)/b19-11+. The van der Waals surface area contributed by atoms with Crippen LogP contribution in [0.25, 0.3) is 0 Å². The van der Waals surface area contributed by atoms with Gasteiger partial charge in [-0.25, -0.2) is 5.43 Å². The lowest BCUT2D eigenvalue weighted by Gasteiger charge is -2.04. The molecule has 0 aliphatic heterocycles. The zero-order chi connectivity index (χ0) is 16.4. The Hall–Kier alpha value is -2.82. The molecule has 0 heterocycles. The van der Waals surface area contributed by atoms with E-state index in [-0.39, 0.29) is 29.2 Å². The van der Waals surface area contributed by atoms with Crippen LogP contribution in [-0.4, -0.2) is 21.8 Å². The van der Waals surface area contributed by atoms with Crippen molar-refractivity contribution < 1.29 is 15.0 Å². The van der Waals surface area contributed by atoms with Crippen molar-refractivity contribution in [1.82, 2.24) is 5.43 Å². The van der Waals surface area contributed by atoms with E-state index in [0.29, 0.717) is 11.3 Å². The van der Waals surface area contributed by atoms with Crippen LogP contribution in [0.2, 0.25) is 0 Å². The van der Waals surface area contributed by atoms with Gasteiger partial charge in [0, 0.05) is 11.5 Å². The molecule has 118 valence electrons. The van der Waals surface area contributed by atoms with Gasteiger partial charge in [-0.2, -0.15) is 5.10 Å². The Morgan fingerprint density at radius 3 is 2.57 bits per heavy atom. The highest BCUT2D eigenvalue weighted by atomic mass is 16.3. The predicted octanol–water partition coefficient (Wildman–Crippen LogP) is 2.74. The number of hydrazone groups is 1. The Kier molecular flexibility index (Phi) is 4.02. The minimum Gasteiger partial charge on any atom is -0.504 e. The molecule has 0 spiro atoms. The molecule has 0 bridgehead atoms. The molecule has 3 N–H and O–H groups in total. The van der Waals surface area contributed by atoms with Crippen LogP contribution in [0.4, 0.5) is 0 Å². The zero-order valence-electron chi connectivity index (χ0n) is 12.7. The second kappa shape index (κ2) is 6.12. The maximum absolute atomic E-state index is 12.1. The van der Waals surface area contributed by atoms with Gasteiger partial charge in [0.05, 0.1) is 5.71 Å². The zero-order valence-corrected chi connectivity index (χ0v) is 12.7. The number of hydrogen-bond acceptors (Lipinski definition) is 4. The van der Waals surface area contributed by atoms with E-state index in [1.807, 2.05) is 30.3 Å². The lowest BCUT2D eigenvalue weighted by atomic mass is 10.1. The van der Waals surface area contributed by atoms with Gasteiger partial charge in [0.15, 0.2) is 11.5 Å². The van der Waals surface area contributed by atoms with Crippen molar-refractivity contribution in [2.45, 2.75) is 19.3 Å². The number of rotatable bonds is 4. The minimum absolute atomic E-state index is 0.0397. The van der Waals surface area contributed by atoms with Crippen LogP contribution in [0.3, 0.4) is 0 Å². The number of nitrogens with one attached hydrogen (secondary N) is 1. The first-order chi connectivity index (χ1) is 11.1. The number of amides is 1. The highest BCUT2D eigenvalue weighted by Gasteiger charge is 2.43. The molecule has 2 aromatic carbocycles. The molecule has 23 heavy (non-hydrogen) atoms. The fourth-order valence-corrected chi connectivity index (χ4v) is 2.59. The normalized spacial score (nSPS) is 20.1. The summed E-state index contributed by atoms with van der Waals surface area (Å²) in [6.45, 7) is 1.73. The first kappa shape index (κ1) is 15.1. The van der Waals surface area contributed by atoms with Crippen LogP contribution in [0.5, 0.6) is 11.5 Å². The van der Waals surface area contributed by atoms with Crippen molar-refractivity contribution in [2.75, 3.05) is 0 Å². The molecule has 2 atom stereocenters. The van der Waals surface area contributed by atoms with Gasteiger partial charge in [0.25, 0.3) is 0 Å². The molecule has 1 aliphatic rings. The van der Waals surface area contributed by atoms with Crippen molar-refractivity contribution >= 4 is 11.6 Å². The van der Waals surface area contributed by atoms with E-state index in [1.165, 1.54) is 17.7 Å². The number of phenols is 2. The number of nitrogens with zero attached hydrogens (tertiary/aromatic N) is 1. The minimum atomic E-state index is -0.213. The van der Waals surface area contributed by atoms with Crippen LogP contribution in [0.1, 0.15) is 30.4 Å². The van der Waals surface area contributed by atoms with Crippen LogP contribution >= 0.6 is 0 Å². The third-order valence-corrected chi connectivity index (χ3v) is 4.08. The molecule has 5 heteroatoms. The Labute approximate surface area is 134 Å². The van der Waals surface area contributed by atoms with E-state index >= 15 is 0 Å². The van der Waals surface area contributed by atoms with Gasteiger partial charge in [-0.15, -0.1) is 0 Å². The lowest BCUT2D eigenvalue weighted by Crippen LogP contribution is -2.21. The number of hydrogen-bond donors (Lipinski definition) is 3. The highest BCUT2D eigenvalue weighted by Crippen LogP contribution is 2.47. The fourth-order valence-electron chi connectivity index (χ4n) is 2.59. The quantitative estimate of drug-likeness (QED) is 0.461. The van der Waals surface area contributed by atoms with Crippen molar-refractivity contribution in [3.8, 4) is 11.5 Å². The molecular weight excluding hydrogens is 292 g/mol. The molecule has 1 amide bonds. The molecule has 0 saturated heterocycles. The Bertz CT molecular complexity index is 756. The molecule has 5 nitrogen and oxygen atoms in total. The molecule has 1 saturated carbocycles. The topological polar surface area (TPSA) is 81.9 Å². The van der Waals surface area contributed by atoms with Gasteiger partial charge in [-0.3, -0.25) is 4.79 Å². The summed E-state index contributed by atoms with van der Waals surface area (Å²) in [5.74, 6) is -0.267. The van der Waals surface area contributed by atoms with Crippen molar-refractivity contribution in [3.05, 3.63) is 59.7 Å². The summed E-state index contributed by atoms with van der Waals surface area (Å²) < 4.78 is 0. The number of carbonyl (C=O) groups excluding carboxylic acids is 1. The Balaban J connectivity index is 1.61. The van der Waals surface area contributed by atoms with Gasteiger partial charge in [0.2, 0.25) is 5.91 Å². The maximum atomic E-state index is 12.1. The van der Waals surface area contributed by atoms with Gasteiger partial charge in [0.1, 0.15) is 0 Å². The fraction of sp³-hybridized carbons (Fsp3) is 0.222. The number of phenolic OH excluding ortho intramolecular Hbond substituents is 2. The van der Waals surface area contributed by atoms with Crippen molar-refractivity contribution in [3.63, 3.8) is 0 Å². The summed E-state index contributed by atoms with van der Waals surface area (Å²) in [5.41, 5.74) is 4.96. The maximum Gasteiger partial charge on any atom is 0.243 e. The summed E-state index contributed by atoms with van der Waals surface area (Å²) >= 11 is 0. The summed E-state index contributed by atoms with van der Waals surface area (Å²) in [5, 5.41) is 22.9. The summed E-state index contributed by atoms with van der Waals surface area (Å²) in [6.07, 6.45) is 0.838. The van der Waals surface area contributed by atoms with Crippen LogP contribution in [0, 0.1) is 5.92 Å². The second-order valence-corrected chi connectivity index (χ2v) is 5.74. The van der Waals surface area contributed by atoms with Gasteiger partial charge in [-0.05, 0) is 43.0 Å². The largest absolute Gasteiger partial charge is 0.504 e. The van der Waals surface area contributed by atoms with Gasteiger partial charge in [-0.1, -0.05) is 30.3 Å². The number of carbonyl (C=O) groups is 1. The van der Waals surface area contributed by atoms with E-state index < -0.39 is 0 Å². The second-order valence-electron chi connectivity index (χ2n) is 5.74. The monoisotopic (exact) mass is 310 g/mol. The molecule has 2 unspecified atom stereocenters. The third kappa shape index (κ3) is 3.34. The SMILES string of the molecule is C/C(=N\NC(=O)C1CC1c1ccccc1)c1ccc(O)c(O)c1. The smallest absolute Gasteiger partial charge is 0.243 e. The number of aromatic hydroxyl groups is 2. The van der Waals surface area contributed by atoms with Crippen LogP contribution in [-0.2, 0) is 4.79 Å². The Morgan fingerprint density at radius 2 is 1.87 bits per heavy atom. The molecule has 1 aliphatic carbocycles. The first-order valence-corrected chi connectivity index (χ1v) is 7.47. The molecule has 0 radical (unpaired) electrons. The molecule has 0 aromatic heterocycles.